The molecule has 0 bridgehead atoms. The van der Waals surface area contributed by atoms with E-state index in [1.54, 1.807) is 6.07 Å². The molecule has 2 rings (SSSR count). The molecule has 0 radical (unpaired) electrons. The second-order valence-corrected chi connectivity index (χ2v) is 3.67. The van der Waals surface area contributed by atoms with E-state index in [4.69, 9.17) is 26.8 Å². The van der Waals surface area contributed by atoms with Crippen molar-refractivity contribution in [2.24, 2.45) is 5.73 Å². The van der Waals surface area contributed by atoms with Crippen molar-refractivity contribution >= 4 is 29.3 Å². The molecule has 1 heterocycles. The number of nitrogens with two attached hydrogens (primary N) is 1. The van der Waals surface area contributed by atoms with E-state index < -0.39 is 11.3 Å². The maximum atomic E-state index is 10.8. The van der Waals surface area contributed by atoms with Gasteiger partial charge in [0.05, 0.1) is 6.04 Å². The first-order chi connectivity index (χ1) is 7.16. The van der Waals surface area contributed by atoms with Crippen LogP contribution in [0.5, 0.6) is 11.5 Å². The number of hydrogen-bond acceptors (Lipinski definition) is 4. The lowest BCUT2D eigenvalue weighted by atomic mass is 10.1. The first-order valence-corrected chi connectivity index (χ1v) is 4.88. The van der Waals surface area contributed by atoms with Crippen LogP contribution in [0.1, 0.15) is 5.56 Å². The highest BCUT2D eigenvalue weighted by Gasteiger charge is 2.16. The van der Waals surface area contributed by atoms with Crippen molar-refractivity contribution in [2.75, 3.05) is 6.79 Å². The van der Waals surface area contributed by atoms with Crippen molar-refractivity contribution in [3.05, 3.63) is 23.8 Å². The molecule has 1 aromatic rings. The molecule has 1 atom stereocenters. The molecule has 0 fully saturated rings. The lowest BCUT2D eigenvalue weighted by molar-refractivity contribution is -0.112. The molecule has 0 saturated heterocycles. The van der Waals surface area contributed by atoms with Crippen LogP contribution in [-0.2, 0) is 11.2 Å². The molecule has 2 N–H and O–H groups in total. The van der Waals surface area contributed by atoms with Crippen molar-refractivity contribution < 1.29 is 14.3 Å². The van der Waals surface area contributed by atoms with Crippen molar-refractivity contribution in [3.63, 3.8) is 0 Å². The van der Waals surface area contributed by atoms with E-state index in [0.29, 0.717) is 17.9 Å². The summed E-state index contributed by atoms with van der Waals surface area (Å²) in [6.45, 7) is 0.235. The van der Waals surface area contributed by atoms with Gasteiger partial charge in [0.25, 0.3) is 0 Å². The third-order valence-electron chi connectivity index (χ3n) is 2.18. The Balaban J connectivity index is 0.00000128. The van der Waals surface area contributed by atoms with E-state index >= 15 is 0 Å². The molecule has 0 aromatic heterocycles. The molecule has 0 aliphatic carbocycles. The Bertz CT molecular complexity index is 398. The van der Waals surface area contributed by atoms with E-state index in [9.17, 15) is 4.79 Å². The highest BCUT2D eigenvalue weighted by molar-refractivity contribution is 6.64. The zero-order valence-electron chi connectivity index (χ0n) is 8.31. The molecular weight excluding hydrogens is 253 g/mol. The van der Waals surface area contributed by atoms with Crippen LogP contribution in [0.25, 0.3) is 0 Å². The molecule has 0 unspecified atom stereocenters. The van der Waals surface area contributed by atoms with Crippen LogP contribution in [0.4, 0.5) is 0 Å². The fraction of sp³-hybridized carbons (Fsp3) is 0.300. The molecule has 4 nitrogen and oxygen atoms in total. The molecule has 6 heteroatoms. The normalized spacial score (nSPS) is 14.1. The summed E-state index contributed by atoms with van der Waals surface area (Å²) in [5, 5.41) is -0.535. The summed E-state index contributed by atoms with van der Waals surface area (Å²) < 4.78 is 10.4. The molecule has 0 saturated carbocycles. The van der Waals surface area contributed by atoms with E-state index in [1.807, 2.05) is 12.1 Å². The average Bonchev–Trinajstić information content (AvgIpc) is 2.64. The summed E-state index contributed by atoms with van der Waals surface area (Å²) >= 11 is 5.28. The summed E-state index contributed by atoms with van der Waals surface area (Å²) in [7, 11) is 0. The van der Waals surface area contributed by atoms with Gasteiger partial charge < -0.3 is 15.2 Å². The Morgan fingerprint density at radius 3 is 2.81 bits per heavy atom. The molecule has 1 aromatic carbocycles. The number of hydrogen-bond donors (Lipinski definition) is 1. The number of ether oxygens (including phenoxy) is 2. The largest absolute Gasteiger partial charge is 0.454 e. The zero-order chi connectivity index (χ0) is 10.8. The van der Waals surface area contributed by atoms with Crippen LogP contribution < -0.4 is 15.2 Å². The van der Waals surface area contributed by atoms with Gasteiger partial charge in [0, 0.05) is 0 Å². The average molecular weight is 264 g/mol. The van der Waals surface area contributed by atoms with Gasteiger partial charge in [-0.2, -0.15) is 0 Å². The van der Waals surface area contributed by atoms with Gasteiger partial charge in [-0.15, -0.1) is 12.4 Å². The molecular formula is C10H11Cl2NO3. The van der Waals surface area contributed by atoms with Crippen molar-refractivity contribution in [1.29, 1.82) is 0 Å². The van der Waals surface area contributed by atoms with Gasteiger partial charge in [-0.1, -0.05) is 6.07 Å². The topological polar surface area (TPSA) is 61.6 Å². The number of rotatable bonds is 3. The van der Waals surface area contributed by atoms with Crippen molar-refractivity contribution in [1.82, 2.24) is 0 Å². The minimum atomic E-state index is -0.674. The number of carbonyl (C=O) groups is 1. The summed E-state index contributed by atoms with van der Waals surface area (Å²) in [5.74, 6) is 1.39. The van der Waals surface area contributed by atoms with Gasteiger partial charge in [0.2, 0.25) is 12.0 Å². The van der Waals surface area contributed by atoms with Gasteiger partial charge in [-0.05, 0) is 35.7 Å². The Morgan fingerprint density at radius 1 is 1.44 bits per heavy atom. The fourth-order valence-electron chi connectivity index (χ4n) is 1.40. The fourth-order valence-corrected chi connectivity index (χ4v) is 1.48. The van der Waals surface area contributed by atoms with Gasteiger partial charge in [0.1, 0.15) is 0 Å². The van der Waals surface area contributed by atoms with Gasteiger partial charge in [0.15, 0.2) is 11.5 Å². The van der Waals surface area contributed by atoms with Crippen LogP contribution in [0, 0.1) is 0 Å². The van der Waals surface area contributed by atoms with Gasteiger partial charge in [-0.3, -0.25) is 4.79 Å². The molecule has 88 valence electrons. The third-order valence-corrected chi connectivity index (χ3v) is 2.46. The number of benzene rings is 1. The second-order valence-electron chi connectivity index (χ2n) is 3.30. The van der Waals surface area contributed by atoms with Crippen LogP contribution in [0.15, 0.2) is 18.2 Å². The predicted molar refractivity (Wildman–Crippen MR) is 62.4 cm³/mol. The summed E-state index contributed by atoms with van der Waals surface area (Å²) in [5.41, 5.74) is 6.44. The predicted octanol–water partition coefficient (Wildman–Crippen LogP) is 1.47. The summed E-state index contributed by atoms with van der Waals surface area (Å²) in [6.07, 6.45) is 0.402. The van der Waals surface area contributed by atoms with E-state index in [-0.39, 0.29) is 19.2 Å². The number of halogens is 2. The van der Waals surface area contributed by atoms with Crippen molar-refractivity contribution in [3.8, 4) is 11.5 Å². The minimum absolute atomic E-state index is 0. The first kappa shape index (κ1) is 13.1. The van der Waals surface area contributed by atoms with Crippen molar-refractivity contribution in [2.45, 2.75) is 12.5 Å². The van der Waals surface area contributed by atoms with Gasteiger partial charge >= 0.3 is 0 Å². The SMILES string of the molecule is Cl.N[C@@H](Cc1ccc2c(c1)OCO2)C(=O)Cl. The Hall–Kier alpha value is -0.970. The van der Waals surface area contributed by atoms with Crippen LogP contribution in [0.2, 0.25) is 0 Å². The van der Waals surface area contributed by atoms with E-state index in [1.165, 1.54) is 0 Å². The quantitative estimate of drug-likeness (QED) is 0.840. The summed E-state index contributed by atoms with van der Waals surface area (Å²) in [4.78, 5) is 10.8. The zero-order valence-corrected chi connectivity index (χ0v) is 9.88. The smallest absolute Gasteiger partial charge is 0.238 e. The highest BCUT2D eigenvalue weighted by Crippen LogP contribution is 2.32. The second kappa shape index (κ2) is 5.39. The number of fused-ring (bicyclic) bond motifs is 1. The van der Waals surface area contributed by atoms with Gasteiger partial charge in [-0.25, -0.2) is 0 Å². The Labute approximate surface area is 104 Å². The molecule has 1 aliphatic heterocycles. The monoisotopic (exact) mass is 263 g/mol. The van der Waals surface area contributed by atoms with Crippen LogP contribution in [0.3, 0.4) is 0 Å². The Kier molecular flexibility index (Phi) is 4.41. The highest BCUT2D eigenvalue weighted by atomic mass is 35.5. The molecule has 0 amide bonds. The molecule has 1 aliphatic rings. The third kappa shape index (κ3) is 2.78. The van der Waals surface area contributed by atoms with Crippen LogP contribution >= 0.6 is 24.0 Å². The van der Waals surface area contributed by atoms with E-state index in [2.05, 4.69) is 0 Å². The lowest BCUT2D eigenvalue weighted by Gasteiger charge is -2.06. The lowest BCUT2D eigenvalue weighted by Crippen LogP contribution is -2.29. The first-order valence-electron chi connectivity index (χ1n) is 4.50. The minimum Gasteiger partial charge on any atom is -0.454 e. The maximum Gasteiger partial charge on any atom is 0.238 e. The molecule has 16 heavy (non-hydrogen) atoms. The standard InChI is InChI=1S/C10H10ClNO3.ClH/c11-10(13)7(12)3-6-1-2-8-9(4-6)15-5-14-8;/h1-2,4,7H,3,5,12H2;1H/t7-;/m0./s1. The Morgan fingerprint density at radius 2 is 2.12 bits per heavy atom. The maximum absolute atomic E-state index is 10.8. The number of carbonyl (C=O) groups excluding carboxylic acids is 1. The summed E-state index contributed by atoms with van der Waals surface area (Å²) in [6, 6.07) is 4.77. The molecule has 0 spiro atoms. The van der Waals surface area contributed by atoms with Crippen LogP contribution in [-0.4, -0.2) is 18.1 Å². The van der Waals surface area contributed by atoms with E-state index in [0.717, 1.165) is 5.56 Å².